The quantitative estimate of drug-likeness (QED) is 0.743. The number of H-pyrrole nitrogens is 1. The second-order valence-electron chi connectivity index (χ2n) is 6.90. The molecule has 0 saturated heterocycles. The molecule has 1 aromatic heterocycles. The predicted molar refractivity (Wildman–Crippen MR) is 111 cm³/mol. The zero-order valence-corrected chi connectivity index (χ0v) is 17.0. The van der Waals surface area contributed by atoms with Gasteiger partial charge in [0, 0.05) is 28.2 Å². The van der Waals surface area contributed by atoms with Gasteiger partial charge in [-0.2, -0.15) is 0 Å². The number of rotatable bonds is 5. The number of esters is 1. The van der Waals surface area contributed by atoms with Crippen molar-refractivity contribution in [3.8, 4) is 11.1 Å². The highest BCUT2D eigenvalue weighted by atomic mass is 16.5. The molecule has 0 aliphatic carbocycles. The smallest absolute Gasteiger partial charge is 0.338 e. The number of hydrogen-bond donors (Lipinski definition) is 2. The van der Waals surface area contributed by atoms with Crippen molar-refractivity contribution in [3.63, 3.8) is 0 Å². The first-order valence-electron chi connectivity index (χ1n) is 9.57. The summed E-state index contributed by atoms with van der Waals surface area (Å²) in [7, 11) is 0. The third-order valence-electron chi connectivity index (χ3n) is 5.18. The van der Waals surface area contributed by atoms with Gasteiger partial charge in [0.05, 0.1) is 12.2 Å². The van der Waals surface area contributed by atoms with Crippen molar-refractivity contribution < 1.29 is 14.3 Å². The predicted octanol–water partition coefficient (Wildman–Crippen LogP) is 4.67. The number of aromatic amines is 1. The Labute approximate surface area is 165 Å². The van der Waals surface area contributed by atoms with Crippen LogP contribution in [-0.2, 0) is 9.53 Å². The Kier molecular flexibility index (Phi) is 5.54. The molecule has 1 amide bonds. The van der Waals surface area contributed by atoms with Crippen molar-refractivity contribution in [2.24, 2.45) is 0 Å². The van der Waals surface area contributed by atoms with Crippen LogP contribution in [0, 0.1) is 13.8 Å². The van der Waals surface area contributed by atoms with Gasteiger partial charge in [-0.3, -0.25) is 4.79 Å². The second-order valence-corrected chi connectivity index (χ2v) is 6.90. The van der Waals surface area contributed by atoms with Gasteiger partial charge in [-0.25, -0.2) is 4.79 Å². The number of nitrogens with one attached hydrogen (secondary N) is 2. The second kappa shape index (κ2) is 7.89. The molecule has 0 fully saturated rings. The molecule has 2 aromatic rings. The third kappa shape index (κ3) is 3.40. The molecule has 3 rings (SSSR count). The van der Waals surface area contributed by atoms with Crippen molar-refractivity contribution >= 4 is 18.0 Å². The van der Waals surface area contributed by atoms with E-state index in [1.165, 1.54) is 0 Å². The van der Waals surface area contributed by atoms with E-state index in [0.717, 1.165) is 51.3 Å². The fraction of sp³-hybridized carbons (Fsp3) is 0.304. The monoisotopic (exact) mass is 378 g/mol. The molecule has 0 bridgehead atoms. The largest absolute Gasteiger partial charge is 0.462 e. The van der Waals surface area contributed by atoms with Crippen LogP contribution in [0.4, 0.5) is 0 Å². The molecule has 1 aliphatic heterocycles. The summed E-state index contributed by atoms with van der Waals surface area (Å²) >= 11 is 0. The number of allylic oxidation sites excluding steroid dienone is 1. The van der Waals surface area contributed by atoms with Crippen molar-refractivity contribution in [2.75, 3.05) is 6.61 Å². The number of aromatic nitrogens is 1. The number of aryl methyl sites for hydroxylation is 1. The lowest BCUT2D eigenvalue weighted by atomic mass is 9.96. The van der Waals surface area contributed by atoms with Crippen molar-refractivity contribution in [3.05, 3.63) is 63.6 Å². The van der Waals surface area contributed by atoms with E-state index in [9.17, 15) is 9.59 Å². The number of carbonyl (C=O) groups is 2. The van der Waals surface area contributed by atoms with Gasteiger partial charge in [0.1, 0.15) is 0 Å². The molecular weight excluding hydrogens is 352 g/mol. The Morgan fingerprint density at radius 3 is 2.54 bits per heavy atom. The summed E-state index contributed by atoms with van der Waals surface area (Å²) in [5.41, 5.74) is 7.91. The van der Waals surface area contributed by atoms with Crippen LogP contribution < -0.4 is 5.32 Å². The van der Waals surface area contributed by atoms with Gasteiger partial charge in [0.2, 0.25) is 0 Å². The maximum Gasteiger partial charge on any atom is 0.338 e. The molecule has 1 aromatic carbocycles. The molecule has 5 nitrogen and oxygen atoms in total. The van der Waals surface area contributed by atoms with Crippen LogP contribution in [0.25, 0.3) is 17.2 Å². The number of carbonyl (C=O) groups excluding carboxylic acids is 2. The third-order valence-corrected chi connectivity index (χ3v) is 5.18. The minimum Gasteiger partial charge on any atom is -0.462 e. The molecule has 0 spiro atoms. The maximum atomic E-state index is 12.4. The van der Waals surface area contributed by atoms with Gasteiger partial charge in [-0.15, -0.1) is 0 Å². The zero-order chi connectivity index (χ0) is 20.4. The molecule has 146 valence electrons. The summed E-state index contributed by atoms with van der Waals surface area (Å²) in [6.07, 6.45) is 2.76. The minimum absolute atomic E-state index is 0.0445. The molecular formula is C23H26N2O3. The SMILES string of the molecule is CCOC(=O)c1ccccc1-c1c(C)[nH]c(/C=C2\NC(=O)C(C)=C2CC)c1C. The van der Waals surface area contributed by atoms with E-state index in [1.807, 2.05) is 52.0 Å². The summed E-state index contributed by atoms with van der Waals surface area (Å²) in [6, 6.07) is 7.48. The molecule has 1 aliphatic rings. The van der Waals surface area contributed by atoms with E-state index >= 15 is 0 Å². The molecule has 28 heavy (non-hydrogen) atoms. The molecule has 0 unspecified atom stereocenters. The van der Waals surface area contributed by atoms with E-state index in [0.29, 0.717) is 12.2 Å². The van der Waals surface area contributed by atoms with Crippen LogP contribution in [0.15, 0.2) is 41.1 Å². The van der Waals surface area contributed by atoms with Crippen LogP contribution in [0.2, 0.25) is 0 Å². The summed E-state index contributed by atoms with van der Waals surface area (Å²) in [4.78, 5) is 27.8. The Bertz CT molecular complexity index is 1010. The average Bonchev–Trinajstić information content (AvgIpc) is 3.10. The Balaban J connectivity index is 2.10. The first-order valence-corrected chi connectivity index (χ1v) is 9.57. The van der Waals surface area contributed by atoms with Gasteiger partial charge in [-0.05, 0) is 63.0 Å². The highest BCUT2D eigenvalue weighted by Crippen LogP contribution is 2.34. The molecule has 0 radical (unpaired) electrons. The minimum atomic E-state index is -0.326. The molecule has 5 heteroatoms. The van der Waals surface area contributed by atoms with Crippen molar-refractivity contribution in [1.82, 2.24) is 10.3 Å². The van der Waals surface area contributed by atoms with E-state index in [-0.39, 0.29) is 11.9 Å². The lowest BCUT2D eigenvalue weighted by molar-refractivity contribution is -0.116. The molecule has 2 heterocycles. The Hall–Kier alpha value is -3.08. The molecule has 2 N–H and O–H groups in total. The summed E-state index contributed by atoms with van der Waals surface area (Å²) in [5.74, 6) is -0.371. The van der Waals surface area contributed by atoms with E-state index < -0.39 is 0 Å². The Morgan fingerprint density at radius 1 is 1.14 bits per heavy atom. The first kappa shape index (κ1) is 19.7. The summed E-state index contributed by atoms with van der Waals surface area (Å²) in [6.45, 7) is 10.0. The standard InChI is InChI=1S/C23H26N2O3/c1-6-16-13(3)22(26)25-20(16)12-19-14(4)21(15(5)24-19)17-10-8-9-11-18(17)23(27)28-7-2/h8-12,24H,6-7H2,1-5H3,(H,25,26)/b20-12-. The normalized spacial score (nSPS) is 15.3. The highest BCUT2D eigenvalue weighted by Gasteiger charge is 2.24. The van der Waals surface area contributed by atoms with Gasteiger partial charge >= 0.3 is 5.97 Å². The average molecular weight is 378 g/mol. The van der Waals surface area contributed by atoms with Crippen LogP contribution >= 0.6 is 0 Å². The number of benzene rings is 1. The molecule has 0 atom stereocenters. The van der Waals surface area contributed by atoms with Crippen molar-refractivity contribution in [1.29, 1.82) is 0 Å². The number of amides is 1. The van der Waals surface area contributed by atoms with Crippen LogP contribution in [-0.4, -0.2) is 23.5 Å². The fourth-order valence-electron chi connectivity index (χ4n) is 3.76. The van der Waals surface area contributed by atoms with Gasteiger partial charge < -0.3 is 15.0 Å². The van der Waals surface area contributed by atoms with Crippen LogP contribution in [0.1, 0.15) is 54.5 Å². The first-order chi connectivity index (χ1) is 13.4. The lowest BCUT2D eigenvalue weighted by Crippen LogP contribution is -2.15. The number of ether oxygens (including phenoxy) is 1. The highest BCUT2D eigenvalue weighted by molar-refractivity contribution is 6.01. The zero-order valence-electron chi connectivity index (χ0n) is 17.0. The van der Waals surface area contributed by atoms with E-state index in [2.05, 4.69) is 10.3 Å². The van der Waals surface area contributed by atoms with Crippen molar-refractivity contribution in [2.45, 2.75) is 41.0 Å². The number of hydrogen-bond acceptors (Lipinski definition) is 3. The van der Waals surface area contributed by atoms with Crippen LogP contribution in [0.3, 0.4) is 0 Å². The Morgan fingerprint density at radius 2 is 1.86 bits per heavy atom. The summed E-state index contributed by atoms with van der Waals surface area (Å²) < 4.78 is 5.22. The maximum absolute atomic E-state index is 12.4. The van der Waals surface area contributed by atoms with E-state index in [1.54, 1.807) is 13.0 Å². The fourth-order valence-corrected chi connectivity index (χ4v) is 3.76. The van der Waals surface area contributed by atoms with E-state index in [4.69, 9.17) is 4.74 Å². The molecule has 0 saturated carbocycles. The summed E-state index contributed by atoms with van der Waals surface area (Å²) in [5, 5.41) is 2.95. The lowest BCUT2D eigenvalue weighted by Gasteiger charge is -2.10. The topological polar surface area (TPSA) is 71.2 Å². The van der Waals surface area contributed by atoms with Gasteiger partial charge in [0.15, 0.2) is 0 Å². The van der Waals surface area contributed by atoms with Crippen LogP contribution in [0.5, 0.6) is 0 Å². The van der Waals surface area contributed by atoms with Gasteiger partial charge in [-0.1, -0.05) is 25.1 Å². The van der Waals surface area contributed by atoms with Gasteiger partial charge in [0.25, 0.3) is 5.91 Å².